The average Bonchev–Trinajstić information content (AvgIpc) is 2.73. The highest BCUT2D eigenvalue weighted by atomic mass is 79.9. The number of rotatable bonds is 2. The lowest BCUT2D eigenvalue weighted by atomic mass is 9.98. The molecule has 0 saturated heterocycles. The predicted molar refractivity (Wildman–Crippen MR) is 69.8 cm³/mol. The summed E-state index contributed by atoms with van der Waals surface area (Å²) >= 11 is 3.20. The summed E-state index contributed by atoms with van der Waals surface area (Å²) in [6.07, 6.45) is 3.37. The smallest absolute Gasteiger partial charge is 0.244 e. The maximum Gasteiger partial charge on any atom is 0.244 e. The molecule has 0 unspecified atom stereocenters. The van der Waals surface area contributed by atoms with Gasteiger partial charge in [-0.15, -0.1) is 0 Å². The molecule has 0 heterocycles. The molecule has 17 heavy (non-hydrogen) atoms. The molecule has 1 saturated carbocycles. The number of anilines is 1. The Morgan fingerprint density at radius 2 is 2.06 bits per heavy atom. The molecule has 92 valence electrons. The predicted octanol–water partition coefficient (Wildman–Crippen LogP) is 2.36. The summed E-state index contributed by atoms with van der Waals surface area (Å²) in [6.45, 7) is 0. The van der Waals surface area contributed by atoms with Crippen molar-refractivity contribution >= 4 is 27.5 Å². The third-order valence-corrected chi connectivity index (χ3v) is 3.82. The molecule has 5 heteroatoms. The van der Waals surface area contributed by atoms with E-state index in [9.17, 15) is 9.90 Å². The second kappa shape index (κ2) is 4.66. The number of hydrogen-bond donors (Lipinski definition) is 3. The Hall–Kier alpha value is -1.07. The summed E-state index contributed by atoms with van der Waals surface area (Å²) in [6, 6.07) is 5.10. The van der Waals surface area contributed by atoms with Gasteiger partial charge in [0, 0.05) is 0 Å². The first kappa shape index (κ1) is 12.4. The van der Waals surface area contributed by atoms with Crippen molar-refractivity contribution < 1.29 is 9.90 Å². The molecule has 2 rings (SSSR count). The number of amides is 1. The normalized spacial score (nSPS) is 18.0. The van der Waals surface area contributed by atoms with E-state index < -0.39 is 5.54 Å². The molecule has 1 amide bonds. The van der Waals surface area contributed by atoms with Crippen LogP contribution in [0.1, 0.15) is 25.7 Å². The Morgan fingerprint density at radius 3 is 2.71 bits per heavy atom. The summed E-state index contributed by atoms with van der Waals surface area (Å²) < 4.78 is 0.549. The van der Waals surface area contributed by atoms with Gasteiger partial charge in [0.1, 0.15) is 0 Å². The van der Waals surface area contributed by atoms with E-state index in [0.29, 0.717) is 23.0 Å². The Morgan fingerprint density at radius 1 is 1.41 bits per heavy atom. The maximum absolute atomic E-state index is 12.0. The van der Waals surface area contributed by atoms with E-state index in [2.05, 4.69) is 21.2 Å². The van der Waals surface area contributed by atoms with Crippen LogP contribution >= 0.6 is 15.9 Å². The van der Waals surface area contributed by atoms with Crippen molar-refractivity contribution in [2.24, 2.45) is 5.73 Å². The lowest BCUT2D eigenvalue weighted by molar-refractivity contribution is -0.121. The lowest BCUT2D eigenvalue weighted by Crippen LogP contribution is -2.48. The lowest BCUT2D eigenvalue weighted by Gasteiger charge is -2.22. The van der Waals surface area contributed by atoms with E-state index in [0.717, 1.165) is 12.8 Å². The van der Waals surface area contributed by atoms with E-state index in [4.69, 9.17) is 5.73 Å². The Kier molecular flexibility index (Phi) is 3.40. The SMILES string of the molecule is NC1(C(=O)Nc2cccc(Br)c2O)CCCC1. The number of nitrogens with one attached hydrogen (secondary N) is 1. The monoisotopic (exact) mass is 298 g/mol. The number of halogens is 1. The molecule has 4 nitrogen and oxygen atoms in total. The van der Waals surface area contributed by atoms with Crippen molar-refractivity contribution in [3.63, 3.8) is 0 Å². The Labute approximate surface area is 108 Å². The van der Waals surface area contributed by atoms with Crippen LogP contribution in [0.15, 0.2) is 22.7 Å². The molecule has 0 atom stereocenters. The van der Waals surface area contributed by atoms with Crippen LogP contribution in [0.5, 0.6) is 5.75 Å². The van der Waals surface area contributed by atoms with Crippen LogP contribution in [0.2, 0.25) is 0 Å². The van der Waals surface area contributed by atoms with E-state index in [1.165, 1.54) is 0 Å². The molecule has 0 aromatic heterocycles. The van der Waals surface area contributed by atoms with Crippen molar-refractivity contribution in [2.75, 3.05) is 5.32 Å². The van der Waals surface area contributed by atoms with Gasteiger partial charge in [0.15, 0.2) is 5.75 Å². The second-order valence-electron chi connectivity index (χ2n) is 4.45. The highest BCUT2D eigenvalue weighted by molar-refractivity contribution is 9.10. The number of hydrogen-bond acceptors (Lipinski definition) is 3. The maximum atomic E-state index is 12.0. The number of carbonyl (C=O) groups excluding carboxylic acids is 1. The van der Waals surface area contributed by atoms with Gasteiger partial charge in [-0.1, -0.05) is 18.9 Å². The van der Waals surface area contributed by atoms with Gasteiger partial charge in [0.25, 0.3) is 0 Å². The number of phenols is 1. The molecule has 1 aromatic carbocycles. The molecular formula is C12H15BrN2O2. The van der Waals surface area contributed by atoms with Crippen LogP contribution in [-0.2, 0) is 4.79 Å². The van der Waals surface area contributed by atoms with Crippen molar-refractivity contribution in [2.45, 2.75) is 31.2 Å². The number of para-hydroxylation sites is 1. The number of carbonyl (C=O) groups is 1. The largest absolute Gasteiger partial charge is 0.505 e. The molecule has 1 aliphatic rings. The second-order valence-corrected chi connectivity index (χ2v) is 5.31. The zero-order valence-electron chi connectivity index (χ0n) is 9.37. The fraction of sp³-hybridized carbons (Fsp3) is 0.417. The molecule has 0 radical (unpaired) electrons. The molecule has 4 N–H and O–H groups in total. The molecule has 0 spiro atoms. The fourth-order valence-corrected chi connectivity index (χ4v) is 2.46. The first-order valence-electron chi connectivity index (χ1n) is 5.61. The standard InChI is InChI=1S/C12H15BrN2O2/c13-8-4-3-5-9(10(8)16)15-11(17)12(14)6-1-2-7-12/h3-5,16H,1-2,6-7,14H2,(H,15,17). The topological polar surface area (TPSA) is 75.4 Å². The Bertz CT molecular complexity index is 442. The zero-order valence-corrected chi connectivity index (χ0v) is 11.0. The first-order valence-corrected chi connectivity index (χ1v) is 6.40. The summed E-state index contributed by atoms with van der Waals surface area (Å²) in [4.78, 5) is 12.0. The van der Waals surface area contributed by atoms with Gasteiger partial charge in [0.05, 0.1) is 15.7 Å². The molecule has 1 fully saturated rings. The Balaban J connectivity index is 2.16. The minimum absolute atomic E-state index is 0.0300. The van der Waals surface area contributed by atoms with Crippen molar-refractivity contribution in [1.29, 1.82) is 0 Å². The fourth-order valence-electron chi connectivity index (χ4n) is 2.10. The highest BCUT2D eigenvalue weighted by Gasteiger charge is 2.37. The van der Waals surface area contributed by atoms with Crippen LogP contribution in [0.25, 0.3) is 0 Å². The van der Waals surface area contributed by atoms with Gasteiger partial charge in [0.2, 0.25) is 5.91 Å². The van der Waals surface area contributed by atoms with E-state index in [1.54, 1.807) is 18.2 Å². The minimum Gasteiger partial charge on any atom is -0.505 e. The quantitative estimate of drug-likeness (QED) is 0.734. The van der Waals surface area contributed by atoms with Crippen LogP contribution in [0, 0.1) is 0 Å². The molecule has 1 aromatic rings. The van der Waals surface area contributed by atoms with Gasteiger partial charge in [-0.25, -0.2) is 0 Å². The van der Waals surface area contributed by atoms with Crippen LogP contribution < -0.4 is 11.1 Å². The third kappa shape index (κ3) is 2.45. The van der Waals surface area contributed by atoms with Gasteiger partial charge >= 0.3 is 0 Å². The van der Waals surface area contributed by atoms with Crippen LogP contribution in [-0.4, -0.2) is 16.6 Å². The summed E-state index contributed by atoms with van der Waals surface area (Å²) in [7, 11) is 0. The van der Waals surface area contributed by atoms with Crippen LogP contribution in [0.3, 0.4) is 0 Å². The number of aromatic hydroxyl groups is 1. The summed E-state index contributed by atoms with van der Waals surface area (Å²) in [5.74, 6) is -0.189. The summed E-state index contributed by atoms with van der Waals surface area (Å²) in [5.41, 5.74) is 5.64. The molecule has 0 aliphatic heterocycles. The van der Waals surface area contributed by atoms with Gasteiger partial charge < -0.3 is 16.2 Å². The van der Waals surface area contributed by atoms with E-state index in [-0.39, 0.29) is 11.7 Å². The van der Waals surface area contributed by atoms with E-state index >= 15 is 0 Å². The highest BCUT2D eigenvalue weighted by Crippen LogP contribution is 2.33. The van der Waals surface area contributed by atoms with Crippen molar-refractivity contribution in [3.8, 4) is 5.75 Å². The zero-order chi connectivity index (χ0) is 12.5. The molecule has 1 aliphatic carbocycles. The average molecular weight is 299 g/mol. The molecular weight excluding hydrogens is 284 g/mol. The van der Waals surface area contributed by atoms with Gasteiger partial charge in [-0.05, 0) is 40.9 Å². The molecule has 0 bridgehead atoms. The number of nitrogens with two attached hydrogens (primary N) is 1. The third-order valence-electron chi connectivity index (χ3n) is 3.18. The summed E-state index contributed by atoms with van der Waals surface area (Å²) in [5, 5.41) is 12.5. The number of benzene rings is 1. The first-order chi connectivity index (χ1) is 8.03. The van der Waals surface area contributed by atoms with E-state index in [1.807, 2.05) is 0 Å². The van der Waals surface area contributed by atoms with Gasteiger partial charge in [-0.3, -0.25) is 4.79 Å². The van der Waals surface area contributed by atoms with Crippen LogP contribution in [0.4, 0.5) is 5.69 Å². The minimum atomic E-state index is -0.783. The van der Waals surface area contributed by atoms with Gasteiger partial charge in [-0.2, -0.15) is 0 Å². The number of phenolic OH excluding ortho intramolecular Hbond substituents is 1. The van der Waals surface area contributed by atoms with Crippen molar-refractivity contribution in [1.82, 2.24) is 0 Å². The van der Waals surface area contributed by atoms with Crippen molar-refractivity contribution in [3.05, 3.63) is 22.7 Å².